The first kappa shape index (κ1) is 25.0. The molecule has 2 unspecified atom stereocenters. The minimum atomic E-state index is -3.22. The molecule has 6 nitrogen and oxygen atoms in total. The first-order valence-electron chi connectivity index (χ1n) is 10.6. The number of amides is 1. The molecule has 1 amide bonds. The van der Waals surface area contributed by atoms with Crippen LogP contribution < -0.4 is 5.32 Å². The summed E-state index contributed by atoms with van der Waals surface area (Å²) in [7, 11) is -3.22. The average molecular weight is 462 g/mol. The lowest BCUT2D eigenvalue weighted by molar-refractivity contribution is 0.000773. The SMILES string of the molecule is CCCS(=O)(=O)N1CCN(C2(CNC(=O)c3ccccc3)CCCC(F)C2)CC1.Cl. The summed E-state index contributed by atoms with van der Waals surface area (Å²) in [5.74, 6) is 0.00721. The third-order valence-corrected chi connectivity index (χ3v) is 8.22. The predicted molar refractivity (Wildman–Crippen MR) is 119 cm³/mol. The topological polar surface area (TPSA) is 69.7 Å². The van der Waals surface area contributed by atoms with E-state index in [4.69, 9.17) is 0 Å². The summed E-state index contributed by atoms with van der Waals surface area (Å²) in [5, 5.41) is 3.01. The predicted octanol–water partition coefficient (Wildman–Crippen LogP) is 2.85. The average Bonchev–Trinajstić information content (AvgIpc) is 2.73. The number of hydrogen-bond donors (Lipinski definition) is 1. The lowest BCUT2D eigenvalue weighted by atomic mass is 9.78. The third-order valence-electron chi connectivity index (χ3n) is 6.14. The Hall–Kier alpha value is -1.22. The van der Waals surface area contributed by atoms with E-state index in [-0.39, 0.29) is 24.1 Å². The summed E-state index contributed by atoms with van der Waals surface area (Å²) in [6.07, 6.45) is 2.23. The molecule has 2 atom stereocenters. The van der Waals surface area contributed by atoms with Gasteiger partial charge in [-0.1, -0.05) is 25.1 Å². The van der Waals surface area contributed by atoms with Crippen LogP contribution in [-0.2, 0) is 10.0 Å². The molecule has 0 spiro atoms. The number of carbonyl (C=O) groups is 1. The maximum atomic E-state index is 14.4. The second-order valence-corrected chi connectivity index (χ2v) is 10.3. The van der Waals surface area contributed by atoms with Crippen molar-refractivity contribution in [2.75, 3.05) is 38.5 Å². The van der Waals surface area contributed by atoms with Crippen molar-refractivity contribution in [1.82, 2.24) is 14.5 Å². The summed E-state index contributed by atoms with van der Waals surface area (Å²) in [6.45, 7) is 4.22. The van der Waals surface area contributed by atoms with Gasteiger partial charge in [-0.05, 0) is 44.2 Å². The fourth-order valence-corrected chi connectivity index (χ4v) is 6.09. The maximum Gasteiger partial charge on any atom is 0.251 e. The molecule has 1 saturated heterocycles. The van der Waals surface area contributed by atoms with Crippen molar-refractivity contribution in [3.05, 3.63) is 35.9 Å². The molecule has 3 rings (SSSR count). The summed E-state index contributed by atoms with van der Waals surface area (Å²) < 4.78 is 40.7. The van der Waals surface area contributed by atoms with Crippen molar-refractivity contribution < 1.29 is 17.6 Å². The van der Waals surface area contributed by atoms with Crippen molar-refractivity contribution in [3.63, 3.8) is 0 Å². The van der Waals surface area contributed by atoms with Gasteiger partial charge in [-0.2, -0.15) is 4.31 Å². The monoisotopic (exact) mass is 461 g/mol. The molecule has 0 bridgehead atoms. The molecule has 1 aromatic carbocycles. The smallest absolute Gasteiger partial charge is 0.251 e. The van der Waals surface area contributed by atoms with E-state index in [9.17, 15) is 17.6 Å². The molecule has 2 aliphatic rings. The van der Waals surface area contributed by atoms with Crippen LogP contribution in [0, 0.1) is 0 Å². The Morgan fingerprint density at radius 1 is 1.20 bits per heavy atom. The van der Waals surface area contributed by atoms with Crippen LogP contribution in [0.1, 0.15) is 49.4 Å². The van der Waals surface area contributed by atoms with E-state index < -0.39 is 21.7 Å². The number of nitrogens with zero attached hydrogens (tertiary/aromatic N) is 2. The molecule has 1 aromatic rings. The van der Waals surface area contributed by atoms with E-state index in [0.29, 0.717) is 57.5 Å². The Morgan fingerprint density at radius 2 is 1.87 bits per heavy atom. The highest BCUT2D eigenvalue weighted by Crippen LogP contribution is 2.36. The van der Waals surface area contributed by atoms with Crippen LogP contribution in [0.15, 0.2) is 30.3 Å². The van der Waals surface area contributed by atoms with Crippen LogP contribution in [-0.4, -0.2) is 73.7 Å². The number of alkyl halides is 1. The van der Waals surface area contributed by atoms with Crippen LogP contribution in [0.25, 0.3) is 0 Å². The normalized spacial score (nSPS) is 26.0. The number of nitrogens with one attached hydrogen (secondary N) is 1. The second-order valence-electron chi connectivity index (χ2n) is 8.17. The third kappa shape index (κ3) is 5.93. The van der Waals surface area contributed by atoms with E-state index in [0.717, 1.165) is 12.8 Å². The van der Waals surface area contributed by atoms with Gasteiger partial charge in [-0.25, -0.2) is 12.8 Å². The summed E-state index contributed by atoms with van der Waals surface area (Å²) in [6, 6.07) is 9.02. The maximum absolute atomic E-state index is 14.4. The van der Waals surface area contributed by atoms with Gasteiger partial charge in [0.05, 0.1) is 5.75 Å². The molecule has 0 radical (unpaired) electrons. The van der Waals surface area contributed by atoms with Crippen molar-refractivity contribution in [2.45, 2.75) is 50.7 Å². The van der Waals surface area contributed by atoms with Crippen LogP contribution in [0.5, 0.6) is 0 Å². The first-order valence-corrected chi connectivity index (χ1v) is 12.2. The molecule has 1 saturated carbocycles. The molecular weight excluding hydrogens is 429 g/mol. The molecule has 9 heteroatoms. The number of benzene rings is 1. The number of piperazine rings is 1. The van der Waals surface area contributed by atoms with Gasteiger partial charge in [0.1, 0.15) is 6.17 Å². The quantitative estimate of drug-likeness (QED) is 0.677. The number of sulfonamides is 1. The van der Waals surface area contributed by atoms with Gasteiger partial charge in [0.15, 0.2) is 0 Å². The van der Waals surface area contributed by atoms with Gasteiger partial charge in [0.2, 0.25) is 10.0 Å². The van der Waals surface area contributed by atoms with Gasteiger partial charge in [0, 0.05) is 43.8 Å². The van der Waals surface area contributed by atoms with Crippen molar-refractivity contribution >= 4 is 28.3 Å². The molecule has 1 aliphatic heterocycles. The van der Waals surface area contributed by atoms with Gasteiger partial charge in [0.25, 0.3) is 5.91 Å². The van der Waals surface area contributed by atoms with E-state index in [1.54, 1.807) is 16.4 Å². The van der Waals surface area contributed by atoms with E-state index in [1.807, 2.05) is 25.1 Å². The van der Waals surface area contributed by atoms with E-state index in [1.165, 1.54) is 0 Å². The lowest BCUT2D eigenvalue weighted by Gasteiger charge is -2.50. The highest BCUT2D eigenvalue weighted by molar-refractivity contribution is 7.89. The summed E-state index contributed by atoms with van der Waals surface area (Å²) >= 11 is 0. The summed E-state index contributed by atoms with van der Waals surface area (Å²) in [5.41, 5.74) is 0.133. The zero-order chi connectivity index (χ0) is 20.9. The Labute approximate surface area is 185 Å². The number of rotatable bonds is 7. The number of carbonyl (C=O) groups excluding carboxylic acids is 1. The first-order chi connectivity index (χ1) is 13.9. The van der Waals surface area contributed by atoms with E-state index >= 15 is 0 Å². The minimum absolute atomic E-state index is 0. The fourth-order valence-electron chi connectivity index (χ4n) is 4.59. The molecule has 1 aliphatic carbocycles. The highest BCUT2D eigenvalue weighted by atomic mass is 35.5. The Balaban J connectivity index is 0.00000320. The van der Waals surface area contributed by atoms with Crippen LogP contribution in [0.4, 0.5) is 4.39 Å². The van der Waals surface area contributed by atoms with Crippen LogP contribution >= 0.6 is 12.4 Å². The Bertz CT molecular complexity index is 788. The molecule has 0 aromatic heterocycles. The van der Waals surface area contributed by atoms with Gasteiger partial charge in [-0.15, -0.1) is 12.4 Å². The Morgan fingerprint density at radius 3 is 2.47 bits per heavy atom. The van der Waals surface area contributed by atoms with Crippen molar-refractivity contribution in [1.29, 1.82) is 0 Å². The molecule has 1 heterocycles. The van der Waals surface area contributed by atoms with Gasteiger partial charge < -0.3 is 5.32 Å². The molecule has 1 N–H and O–H groups in total. The number of halogens is 2. The molecule has 30 heavy (non-hydrogen) atoms. The van der Waals surface area contributed by atoms with E-state index in [2.05, 4.69) is 10.2 Å². The number of hydrogen-bond acceptors (Lipinski definition) is 4. The Kier molecular flexibility index (Phi) is 9.09. The molecule has 2 fully saturated rings. The van der Waals surface area contributed by atoms with Crippen molar-refractivity contribution in [3.8, 4) is 0 Å². The zero-order valence-corrected chi connectivity index (χ0v) is 19.2. The highest BCUT2D eigenvalue weighted by Gasteiger charge is 2.43. The molecular formula is C21H33ClFN3O3S. The lowest BCUT2D eigenvalue weighted by Crippen LogP contribution is -2.63. The summed E-state index contributed by atoms with van der Waals surface area (Å²) in [4.78, 5) is 14.7. The second kappa shape index (κ2) is 10.9. The van der Waals surface area contributed by atoms with Gasteiger partial charge >= 0.3 is 0 Å². The minimum Gasteiger partial charge on any atom is -0.350 e. The van der Waals surface area contributed by atoms with Crippen LogP contribution in [0.2, 0.25) is 0 Å². The molecule has 170 valence electrons. The van der Waals surface area contributed by atoms with Gasteiger partial charge in [-0.3, -0.25) is 9.69 Å². The largest absolute Gasteiger partial charge is 0.350 e. The zero-order valence-electron chi connectivity index (χ0n) is 17.6. The fraction of sp³-hybridized carbons (Fsp3) is 0.667. The van der Waals surface area contributed by atoms with Crippen molar-refractivity contribution in [2.24, 2.45) is 0 Å². The van der Waals surface area contributed by atoms with Crippen LogP contribution in [0.3, 0.4) is 0 Å². The standard InChI is InChI=1S/C21H32FN3O3S.ClH/c1-2-15-29(27,28)25-13-11-24(12-14-25)21(10-6-9-19(22)16-21)17-23-20(26)18-7-4-3-5-8-18;/h3-5,7-8,19H,2,6,9-17H2,1H3,(H,23,26);1H.